The summed E-state index contributed by atoms with van der Waals surface area (Å²) in [5, 5.41) is 0.936. The Morgan fingerprint density at radius 2 is 1.87 bits per heavy atom. The van der Waals surface area contributed by atoms with Gasteiger partial charge in [0.05, 0.1) is 0 Å². The zero-order valence-corrected chi connectivity index (χ0v) is 13.1. The van der Waals surface area contributed by atoms with E-state index in [1.165, 1.54) is 5.56 Å². The fraction of sp³-hybridized carbons (Fsp3) is 0.150. The molecule has 2 aromatic carbocycles. The van der Waals surface area contributed by atoms with Crippen molar-refractivity contribution >= 4 is 22.7 Å². The smallest absolute Gasteiger partial charge is 0.359 e. The van der Waals surface area contributed by atoms with Gasteiger partial charge in [-0.25, -0.2) is 4.79 Å². The molecule has 0 aliphatic heterocycles. The van der Waals surface area contributed by atoms with E-state index in [4.69, 9.17) is 10.2 Å². The van der Waals surface area contributed by atoms with Crippen molar-refractivity contribution in [1.29, 1.82) is 0 Å². The van der Waals surface area contributed by atoms with Gasteiger partial charge in [0.15, 0.2) is 0 Å². The van der Waals surface area contributed by atoms with Gasteiger partial charge in [0.2, 0.25) is 0 Å². The van der Waals surface area contributed by atoms with Gasteiger partial charge in [-0.2, -0.15) is 0 Å². The summed E-state index contributed by atoms with van der Waals surface area (Å²) in [6.45, 7) is 5.91. The van der Waals surface area contributed by atoms with Gasteiger partial charge < -0.3 is 10.2 Å². The topological polar surface area (TPSA) is 56.2 Å². The summed E-state index contributed by atoms with van der Waals surface area (Å²) in [5.41, 5.74) is 10.5. The average Bonchev–Trinajstić information content (AvgIpc) is 2.57. The van der Waals surface area contributed by atoms with Crippen molar-refractivity contribution in [3.8, 4) is 0 Å². The van der Waals surface area contributed by atoms with Gasteiger partial charge in [-0.1, -0.05) is 56.0 Å². The fourth-order valence-corrected chi connectivity index (χ4v) is 3.02. The van der Waals surface area contributed by atoms with Gasteiger partial charge in [-0.15, -0.1) is 0 Å². The van der Waals surface area contributed by atoms with Crippen LogP contribution in [0.1, 0.15) is 29.2 Å². The second-order valence-electron chi connectivity index (χ2n) is 5.51. The maximum absolute atomic E-state index is 11.9. The lowest BCUT2D eigenvalue weighted by Gasteiger charge is -2.14. The third kappa shape index (κ3) is 2.66. The Balaban J connectivity index is 2.35. The molecule has 0 aliphatic rings. The minimum Gasteiger partial charge on any atom is -0.421 e. The number of anilines is 1. The van der Waals surface area contributed by atoms with Crippen LogP contribution in [0.25, 0.3) is 17.0 Å². The van der Waals surface area contributed by atoms with Crippen molar-refractivity contribution in [3.05, 3.63) is 81.7 Å². The average molecular weight is 305 g/mol. The highest BCUT2D eigenvalue weighted by Gasteiger charge is 2.16. The maximum atomic E-state index is 11.9. The van der Waals surface area contributed by atoms with Crippen LogP contribution in [0.5, 0.6) is 0 Å². The second-order valence-corrected chi connectivity index (χ2v) is 5.51. The van der Waals surface area contributed by atoms with E-state index in [9.17, 15) is 4.79 Å². The molecule has 0 saturated carbocycles. The predicted molar refractivity (Wildman–Crippen MR) is 95.6 cm³/mol. The van der Waals surface area contributed by atoms with E-state index in [0.717, 1.165) is 28.5 Å². The molecule has 116 valence electrons. The molecule has 0 saturated heterocycles. The molecule has 1 heterocycles. The number of nitrogens with two attached hydrogens (primary N) is 1. The van der Waals surface area contributed by atoms with Crippen LogP contribution in [0.15, 0.2) is 58.3 Å². The quantitative estimate of drug-likeness (QED) is 0.736. The first kappa shape index (κ1) is 15.1. The van der Waals surface area contributed by atoms with Crippen molar-refractivity contribution in [1.82, 2.24) is 0 Å². The molecule has 0 unspecified atom stereocenters. The molecule has 2 N–H and O–H groups in total. The van der Waals surface area contributed by atoms with Crippen LogP contribution < -0.4 is 11.4 Å². The highest BCUT2D eigenvalue weighted by Crippen LogP contribution is 2.30. The summed E-state index contributed by atoms with van der Waals surface area (Å²) in [4.78, 5) is 11.9. The van der Waals surface area contributed by atoms with Crippen LogP contribution in [-0.2, 0) is 12.8 Å². The Morgan fingerprint density at radius 3 is 2.52 bits per heavy atom. The highest BCUT2D eigenvalue weighted by atomic mass is 16.4. The fourth-order valence-electron chi connectivity index (χ4n) is 3.02. The molecule has 0 spiro atoms. The second kappa shape index (κ2) is 6.13. The molecule has 1 aromatic heterocycles. The molecule has 3 heteroatoms. The van der Waals surface area contributed by atoms with Crippen LogP contribution in [0.3, 0.4) is 0 Å². The number of rotatable bonds is 4. The zero-order valence-electron chi connectivity index (χ0n) is 13.1. The molecule has 3 aromatic rings. The van der Waals surface area contributed by atoms with E-state index >= 15 is 0 Å². The standard InChI is InChI=1S/C20H19NO2/c1-3-14-10-11-17-18(15(4-2)19(21)20(22)23-17)16(14)12-13-8-6-5-7-9-13/h3,5-11H,1,4,12,21H2,2H3. The number of nitrogen functional groups attached to an aromatic ring is 1. The molecule has 3 rings (SSSR count). The lowest BCUT2D eigenvalue weighted by molar-refractivity contribution is 0.562. The number of aryl methyl sites for hydroxylation is 1. The van der Waals surface area contributed by atoms with E-state index < -0.39 is 5.63 Å². The minimum absolute atomic E-state index is 0.204. The molecule has 0 fully saturated rings. The summed E-state index contributed by atoms with van der Waals surface area (Å²) >= 11 is 0. The number of hydrogen-bond donors (Lipinski definition) is 1. The summed E-state index contributed by atoms with van der Waals surface area (Å²) in [7, 11) is 0. The normalized spacial score (nSPS) is 10.8. The molecule has 0 bridgehead atoms. The lowest BCUT2D eigenvalue weighted by atomic mass is 9.92. The lowest BCUT2D eigenvalue weighted by Crippen LogP contribution is -2.11. The molecular weight excluding hydrogens is 286 g/mol. The molecular formula is C20H19NO2. The van der Waals surface area contributed by atoms with Gasteiger partial charge >= 0.3 is 5.63 Å². The van der Waals surface area contributed by atoms with Crippen LogP contribution >= 0.6 is 0 Å². The van der Waals surface area contributed by atoms with E-state index in [1.54, 1.807) is 0 Å². The van der Waals surface area contributed by atoms with Crippen molar-refractivity contribution < 1.29 is 4.42 Å². The Morgan fingerprint density at radius 1 is 1.13 bits per heavy atom. The predicted octanol–water partition coefficient (Wildman–Crippen LogP) is 4.17. The zero-order chi connectivity index (χ0) is 16.4. The Kier molecular flexibility index (Phi) is 4.02. The monoisotopic (exact) mass is 305 g/mol. The van der Waals surface area contributed by atoms with Crippen LogP contribution in [0.4, 0.5) is 5.69 Å². The van der Waals surface area contributed by atoms with E-state index in [1.807, 2.05) is 43.3 Å². The van der Waals surface area contributed by atoms with Crippen molar-refractivity contribution in [2.24, 2.45) is 0 Å². The Bertz CT molecular complexity index is 924. The van der Waals surface area contributed by atoms with Crippen molar-refractivity contribution in [2.75, 3.05) is 5.73 Å². The van der Waals surface area contributed by atoms with Gasteiger partial charge in [0.1, 0.15) is 11.3 Å². The van der Waals surface area contributed by atoms with Crippen LogP contribution in [0.2, 0.25) is 0 Å². The Hall–Kier alpha value is -2.81. The molecule has 23 heavy (non-hydrogen) atoms. The van der Waals surface area contributed by atoms with Gasteiger partial charge in [-0.05, 0) is 41.2 Å². The number of benzene rings is 2. The first-order valence-electron chi connectivity index (χ1n) is 7.69. The van der Waals surface area contributed by atoms with Gasteiger partial charge in [0, 0.05) is 5.39 Å². The number of fused-ring (bicyclic) bond motifs is 1. The summed E-state index contributed by atoms with van der Waals surface area (Å²) in [6.07, 6.45) is 3.24. The Labute approximate surface area is 135 Å². The summed E-state index contributed by atoms with van der Waals surface area (Å²) in [6, 6.07) is 14.0. The first-order chi connectivity index (χ1) is 11.2. The maximum Gasteiger partial charge on any atom is 0.359 e. The van der Waals surface area contributed by atoms with Gasteiger partial charge in [0.25, 0.3) is 0 Å². The van der Waals surface area contributed by atoms with Crippen LogP contribution in [-0.4, -0.2) is 0 Å². The third-order valence-corrected chi connectivity index (χ3v) is 4.16. The molecule has 0 aliphatic carbocycles. The number of hydrogen-bond acceptors (Lipinski definition) is 3. The molecule has 0 radical (unpaired) electrons. The highest BCUT2D eigenvalue weighted by molar-refractivity contribution is 5.90. The van der Waals surface area contributed by atoms with E-state index in [2.05, 4.69) is 18.7 Å². The molecule has 0 atom stereocenters. The summed E-state index contributed by atoms with van der Waals surface area (Å²) in [5.74, 6) is 0. The summed E-state index contributed by atoms with van der Waals surface area (Å²) < 4.78 is 5.40. The molecule has 0 amide bonds. The van der Waals surface area contributed by atoms with Crippen LogP contribution in [0, 0.1) is 0 Å². The van der Waals surface area contributed by atoms with E-state index in [-0.39, 0.29) is 5.69 Å². The first-order valence-corrected chi connectivity index (χ1v) is 7.69. The SMILES string of the molecule is C=Cc1ccc2oc(=O)c(N)c(CC)c2c1Cc1ccccc1. The van der Waals surface area contributed by atoms with E-state index in [0.29, 0.717) is 12.0 Å². The van der Waals surface area contributed by atoms with Gasteiger partial charge in [-0.3, -0.25) is 0 Å². The molecule has 3 nitrogen and oxygen atoms in total. The van der Waals surface area contributed by atoms with Crippen molar-refractivity contribution in [2.45, 2.75) is 19.8 Å². The largest absolute Gasteiger partial charge is 0.421 e. The van der Waals surface area contributed by atoms with Crippen molar-refractivity contribution in [3.63, 3.8) is 0 Å². The minimum atomic E-state index is -0.466. The third-order valence-electron chi connectivity index (χ3n) is 4.16.